The zero-order chi connectivity index (χ0) is 30.8. The highest BCUT2D eigenvalue weighted by atomic mass is 35.5. The van der Waals surface area contributed by atoms with Gasteiger partial charge in [-0.25, -0.2) is 9.69 Å². The molecule has 1 heterocycles. The van der Waals surface area contributed by atoms with Gasteiger partial charge in [-0.05, 0) is 42.0 Å². The second-order valence-electron chi connectivity index (χ2n) is 8.98. The molecule has 0 unspecified atom stereocenters. The number of nitro benzene ring substituents is 2. The largest absolute Gasteiger partial charge is 0.496 e. The highest BCUT2D eigenvalue weighted by Gasteiger charge is 2.43. The molecule has 0 fully saturated rings. The predicted molar refractivity (Wildman–Crippen MR) is 151 cm³/mol. The van der Waals surface area contributed by atoms with Crippen LogP contribution in [0.4, 0.5) is 17.1 Å². The molecular weight excluding hydrogens is 586 g/mol. The summed E-state index contributed by atoms with van der Waals surface area (Å²) in [4.78, 5) is 60.9. The minimum atomic E-state index is -0.942. The van der Waals surface area contributed by atoms with Crippen molar-refractivity contribution in [3.63, 3.8) is 0 Å². The van der Waals surface area contributed by atoms with Crippen molar-refractivity contribution in [3.8, 4) is 17.2 Å². The first-order valence-corrected chi connectivity index (χ1v) is 12.7. The van der Waals surface area contributed by atoms with E-state index < -0.39 is 33.3 Å². The first-order chi connectivity index (χ1) is 20.6. The highest BCUT2D eigenvalue weighted by molar-refractivity contribution is 6.40. The number of amides is 2. The molecule has 1 aliphatic rings. The molecule has 2 amide bonds. The van der Waals surface area contributed by atoms with E-state index in [-0.39, 0.29) is 45.4 Å². The molecule has 4 aromatic rings. The number of esters is 1. The van der Waals surface area contributed by atoms with Crippen LogP contribution in [0.3, 0.4) is 0 Å². The Kier molecular flexibility index (Phi) is 7.73. The van der Waals surface area contributed by atoms with Crippen molar-refractivity contribution in [1.82, 2.24) is 0 Å². The number of methoxy groups -OCH3 is 1. The summed E-state index contributed by atoms with van der Waals surface area (Å²) in [5.41, 5.74) is -0.799. The summed E-state index contributed by atoms with van der Waals surface area (Å²) in [6.07, 6.45) is 0. The summed E-state index contributed by atoms with van der Waals surface area (Å²) in [6.45, 7) is -0.180. The fourth-order valence-electron chi connectivity index (χ4n) is 4.38. The van der Waals surface area contributed by atoms with Crippen molar-refractivity contribution in [2.75, 3.05) is 12.0 Å². The minimum absolute atomic E-state index is 0.0642. The van der Waals surface area contributed by atoms with Gasteiger partial charge >= 0.3 is 5.97 Å². The van der Waals surface area contributed by atoms with Crippen molar-refractivity contribution < 1.29 is 38.4 Å². The zero-order valence-corrected chi connectivity index (χ0v) is 22.8. The maximum Gasteiger partial charge on any atom is 0.342 e. The number of halogens is 1. The van der Waals surface area contributed by atoms with Crippen LogP contribution in [0.25, 0.3) is 0 Å². The van der Waals surface area contributed by atoms with Crippen LogP contribution in [0.1, 0.15) is 36.6 Å². The highest BCUT2D eigenvalue weighted by Crippen LogP contribution is 2.40. The molecule has 13 nitrogen and oxygen atoms in total. The lowest BCUT2D eigenvalue weighted by molar-refractivity contribution is -0.385. The van der Waals surface area contributed by atoms with E-state index in [1.54, 1.807) is 24.3 Å². The van der Waals surface area contributed by atoms with Gasteiger partial charge in [-0.15, -0.1) is 0 Å². The Labute approximate surface area is 247 Å². The fourth-order valence-corrected chi connectivity index (χ4v) is 4.63. The van der Waals surface area contributed by atoms with Crippen LogP contribution >= 0.6 is 11.6 Å². The Bertz CT molecular complexity index is 1820. The van der Waals surface area contributed by atoms with Gasteiger partial charge in [0.1, 0.15) is 35.0 Å². The van der Waals surface area contributed by atoms with Gasteiger partial charge in [-0.2, -0.15) is 0 Å². The van der Waals surface area contributed by atoms with Gasteiger partial charge in [0.05, 0.1) is 33.2 Å². The molecule has 0 spiro atoms. The molecule has 1 aliphatic heterocycles. The lowest BCUT2D eigenvalue weighted by Crippen LogP contribution is -2.30. The molecule has 216 valence electrons. The van der Waals surface area contributed by atoms with Gasteiger partial charge in [0.15, 0.2) is 0 Å². The van der Waals surface area contributed by atoms with E-state index in [4.69, 9.17) is 25.8 Å². The fraction of sp³-hybridized carbons (Fsp3) is 0.0690. The number of fused-ring (bicyclic) bond motifs is 1. The quantitative estimate of drug-likeness (QED) is 0.0940. The number of imide groups is 1. The Balaban J connectivity index is 1.33. The van der Waals surface area contributed by atoms with E-state index in [0.717, 1.165) is 6.07 Å². The number of non-ortho nitro benzene ring substituents is 1. The third-order valence-corrected chi connectivity index (χ3v) is 6.67. The van der Waals surface area contributed by atoms with Crippen molar-refractivity contribution in [3.05, 3.63) is 126 Å². The van der Waals surface area contributed by atoms with Gasteiger partial charge in [0.25, 0.3) is 23.2 Å². The van der Waals surface area contributed by atoms with Gasteiger partial charge in [0, 0.05) is 24.3 Å². The van der Waals surface area contributed by atoms with Crippen molar-refractivity contribution in [1.29, 1.82) is 0 Å². The number of ether oxygens (including phenoxy) is 3. The second-order valence-corrected chi connectivity index (χ2v) is 9.39. The topological polar surface area (TPSA) is 168 Å². The van der Waals surface area contributed by atoms with E-state index in [9.17, 15) is 34.6 Å². The molecular formula is C29H18ClN3O10. The van der Waals surface area contributed by atoms with Crippen molar-refractivity contribution in [2.24, 2.45) is 0 Å². The first kappa shape index (κ1) is 28.7. The van der Waals surface area contributed by atoms with Gasteiger partial charge in [-0.1, -0.05) is 29.8 Å². The van der Waals surface area contributed by atoms with Gasteiger partial charge in [-0.3, -0.25) is 29.8 Å². The molecule has 0 radical (unpaired) electrons. The summed E-state index contributed by atoms with van der Waals surface area (Å²) >= 11 is 6.40. The summed E-state index contributed by atoms with van der Waals surface area (Å²) in [7, 11) is 1.26. The van der Waals surface area contributed by atoms with E-state index >= 15 is 0 Å². The lowest BCUT2D eigenvalue weighted by Gasteiger charge is -2.18. The molecule has 0 bridgehead atoms. The van der Waals surface area contributed by atoms with Crippen LogP contribution in [0.5, 0.6) is 17.2 Å². The van der Waals surface area contributed by atoms with E-state index in [2.05, 4.69) is 0 Å². The lowest BCUT2D eigenvalue weighted by atomic mass is 10.1. The van der Waals surface area contributed by atoms with E-state index in [1.165, 1.54) is 55.6 Å². The molecule has 5 rings (SSSR count). The van der Waals surface area contributed by atoms with Crippen molar-refractivity contribution in [2.45, 2.75) is 6.61 Å². The number of carbonyl (C=O) groups is 3. The van der Waals surface area contributed by atoms with Gasteiger partial charge < -0.3 is 14.2 Å². The molecule has 0 saturated carbocycles. The number of nitro groups is 2. The van der Waals surface area contributed by atoms with E-state index in [1.807, 2.05) is 0 Å². The number of carbonyl (C=O) groups excluding carboxylic acids is 3. The zero-order valence-electron chi connectivity index (χ0n) is 22.0. The van der Waals surface area contributed by atoms with Gasteiger partial charge in [0.2, 0.25) is 0 Å². The number of anilines is 1. The van der Waals surface area contributed by atoms with E-state index in [0.29, 0.717) is 22.0 Å². The van der Waals surface area contributed by atoms with Crippen LogP contribution in [0, 0.1) is 20.2 Å². The molecule has 43 heavy (non-hydrogen) atoms. The first-order valence-electron chi connectivity index (χ1n) is 12.3. The Morgan fingerprint density at radius 1 is 0.884 bits per heavy atom. The molecule has 0 aliphatic carbocycles. The maximum atomic E-state index is 13.1. The third-order valence-electron chi connectivity index (χ3n) is 6.37. The Hall–Kier alpha value is -5.82. The molecule has 14 heteroatoms. The molecule has 4 aromatic carbocycles. The van der Waals surface area contributed by atoms with Crippen LogP contribution in [-0.2, 0) is 11.3 Å². The number of nitrogens with zero attached hydrogens (tertiary/aromatic N) is 3. The standard InChI is InChI=1S/C29H18ClN3O10/c1-41-25-14-24(31-27(34)20-6-3-7-23(33(39)40)26(20)28(31)35)22(30)13-21(25)29(36)42-15-16-4-2-5-19(12-16)43-18-10-8-17(9-11-18)32(37)38/h2-14H,15H2,1H3. The summed E-state index contributed by atoms with van der Waals surface area (Å²) < 4.78 is 16.5. The number of hydrogen-bond donors (Lipinski definition) is 0. The summed E-state index contributed by atoms with van der Waals surface area (Å²) in [5.74, 6) is -1.89. The van der Waals surface area contributed by atoms with Crippen LogP contribution in [-0.4, -0.2) is 34.7 Å². The number of benzene rings is 4. The Morgan fingerprint density at radius 3 is 2.28 bits per heavy atom. The average molecular weight is 604 g/mol. The Morgan fingerprint density at radius 2 is 1.60 bits per heavy atom. The maximum absolute atomic E-state index is 13.1. The number of rotatable bonds is 9. The average Bonchev–Trinajstić information content (AvgIpc) is 3.25. The predicted octanol–water partition coefficient (Wildman–Crippen LogP) is 6.11. The third kappa shape index (κ3) is 5.56. The minimum Gasteiger partial charge on any atom is -0.496 e. The second kappa shape index (κ2) is 11.6. The smallest absolute Gasteiger partial charge is 0.342 e. The monoisotopic (exact) mass is 603 g/mol. The molecule has 0 N–H and O–H groups in total. The van der Waals surface area contributed by atoms with Crippen LogP contribution < -0.4 is 14.4 Å². The van der Waals surface area contributed by atoms with Crippen molar-refractivity contribution >= 4 is 46.4 Å². The SMILES string of the molecule is COc1cc(N2C(=O)c3cccc([N+](=O)[O-])c3C2=O)c(Cl)cc1C(=O)OCc1cccc(Oc2ccc([N+](=O)[O-])cc2)c1. The summed E-state index contributed by atoms with van der Waals surface area (Å²) in [6, 6.07) is 18.2. The normalized spacial score (nSPS) is 12.1. The molecule has 0 atom stereocenters. The number of hydrogen-bond acceptors (Lipinski definition) is 10. The van der Waals surface area contributed by atoms with Crippen LogP contribution in [0.2, 0.25) is 5.02 Å². The molecule has 0 aromatic heterocycles. The summed E-state index contributed by atoms with van der Waals surface area (Å²) in [5, 5.41) is 22.1. The van der Waals surface area contributed by atoms with Crippen LogP contribution in [0.15, 0.2) is 78.9 Å². The molecule has 0 saturated heterocycles.